The van der Waals surface area contributed by atoms with Gasteiger partial charge in [-0.1, -0.05) is 28.1 Å². The lowest BCUT2D eigenvalue weighted by Crippen LogP contribution is -2.46. The summed E-state index contributed by atoms with van der Waals surface area (Å²) in [4.78, 5) is 23.7. The van der Waals surface area contributed by atoms with Gasteiger partial charge in [-0.05, 0) is 29.9 Å². The first-order chi connectivity index (χ1) is 18.2. The third-order valence-electron chi connectivity index (χ3n) is 6.44. The lowest BCUT2D eigenvalue weighted by Gasteiger charge is -2.35. The fraction of sp³-hybridized carbons (Fsp3) is 0.500. The zero-order valence-corrected chi connectivity index (χ0v) is 22.1. The second-order valence-electron chi connectivity index (χ2n) is 9.35. The molecule has 0 bridgehead atoms. The smallest absolute Gasteiger partial charge is 0.301 e. The Balaban J connectivity index is 0.000000242. The molecule has 2 aliphatic rings. The molecule has 214 valence electrons. The number of rotatable bonds is 7. The number of hydrogen-bond donors (Lipinski definition) is 0. The monoisotopic (exact) mass is 626 g/mol. The van der Waals surface area contributed by atoms with E-state index in [2.05, 4.69) is 20.8 Å². The predicted molar refractivity (Wildman–Crippen MR) is 133 cm³/mol. The van der Waals surface area contributed by atoms with E-state index in [9.17, 15) is 46.6 Å². The van der Waals surface area contributed by atoms with Gasteiger partial charge >= 0.3 is 12.4 Å². The maximum atomic E-state index is 13.2. The van der Waals surface area contributed by atoms with E-state index in [0.29, 0.717) is 12.1 Å². The van der Waals surface area contributed by atoms with Gasteiger partial charge in [0.05, 0.1) is 21.0 Å². The average Bonchev–Trinajstić information content (AvgIpc) is 3.68. The minimum atomic E-state index is -4.59. The molecule has 0 N–H and O–H groups in total. The fourth-order valence-electron chi connectivity index (χ4n) is 4.17. The van der Waals surface area contributed by atoms with E-state index in [1.165, 1.54) is 18.9 Å². The maximum absolute atomic E-state index is 13.2. The number of non-ortho nitro benzene ring substituents is 2. The first kappa shape index (κ1) is 30.8. The summed E-state index contributed by atoms with van der Waals surface area (Å²) >= 11 is 2.89. The highest BCUT2D eigenvalue weighted by Gasteiger charge is 2.36. The summed E-state index contributed by atoms with van der Waals surface area (Å²) < 4.78 is 76.9. The highest BCUT2D eigenvalue weighted by atomic mass is 79.9. The Morgan fingerprint density at radius 2 is 1.21 bits per heavy atom. The van der Waals surface area contributed by atoms with Crippen molar-refractivity contribution in [3.63, 3.8) is 0 Å². The summed E-state index contributed by atoms with van der Waals surface area (Å²) in [6.45, 7) is 4.45. The molecule has 0 amide bonds. The van der Waals surface area contributed by atoms with Crippen molar-refractivity contribution >= 4 is 27.3 Å². The summed E-state index contributed by atoms with van der Waals surface area (Å²) in [5, 5.41) is 21.0. The van der Waals surface area contributed by atoms with Crippen molar-refractivity contribution in [2.24, 2.45) is 5.92 Å². The summed E-state index contributed by atoms with van der Waals surface area (Å²) in [5.41, 5.74) is -2.89. The number of piperazine rings is 1. The molecule has 15 heteroatoms. The van der Waals surface area contributed by atoms with Crippen LogP contribution in [-0.2, 0) is 24.2 Å². The molecule has 2 aromatic rings. The van der Waals surface area contributed by atoms with Gasteiger partial charge in [0.25, 0.3) is 11.4 Å². The van der Waals surface area contributed by atoms with Crippen molar-refractivity contribution in [3.8, 4) is 0 Å². The third-order valence-corrected chi connectivity index (χ3v) is 7.04. The molecule has 1 aliphatic carbocycles. The van der Waals surface area contributed by atoms with E-state index in [1.54, 1.807) is 0 Å². The highest BCUT2D eigenvalue weighted by Crippen LogP contribution is 2.36. The second-order valence-corrected chi connectivity index (χ2v) is 9.91. The average molecular weight is 627 g/mol. The number of nitro benzene ring substituents is 2. The fourth-order valence-corrected chi connectivity index (χ4v) is 4.66. The summed E-state index contributed by atoms with van der Waals surface area (Å²) in [5.74, 6) is 0.808. The van der Waals surface area contributed by atoms with Crippen molar-refractivity contribution < 1.29 is 36.2 Å². The second kappa shape index (κ2) is 12.6. The number of nitrogens with zero attached hydrogens (tertiary/aromatic N) is 4. The molecule has 8 nitrogen and oxygen atoms in total. The Hall–Kier alpha value is -2.78. The van der Waals surface area contributed by atoms with Gasteiger partial charge in [-0.3, -0.25) is 25.1 Å². The molecule has 1 aliphatic heterocycles. The van der Waals surface area contributed by atoms with Crippen LogP contribution >= 0.6 is 15.9 Å². The predicted octanol–water partition coefficient (Wildman–Crippen LogP) is 6.65. The van der Waals surface area contributed by atoms with E-state index in [-0.39, 0.29) is 23.0 Å². The van der Waals surface area contributed by atoms with Gasteiger partial charge in [-0.2, -0.15) is 26.3 Å². The molecule has 4 rings (SSSR count). The Labute approximate surface area is 228 Å². The molecule has 1 saturated heterocycles. The van der Waals surface area contributed by atoms with Gasteiger partial charge in [0, 0.05) is 68.9 Å². The van der Waals surface area contributed by atoms with Crippen molar-refractivity contribution in [2.45, 2.75) is 37.1 Å². The lowest BCUT2D eigenvalue weighted by atomic mass is 10.0. The minimum absolute atomic E-state index is 0.000161. The van der Waals surface area contributed by atoms with Crippen LogP contribution in [0.1, 0.15) is 35.1 Å². The number of halogens is 7. The number of hydrogen-bond acceptors (Lipinski definition) is 6. The van der Waals surface area contributed by atoms with Crippen LogP contribution in [0.4, 0.5) is 37.7 Å². The van der Waals surface area contributed by atoms with E-state index in [1.807, 2.05) is 4.90 Å². The molecular weight excluding hydrogens is 602 g/mol. The largest absolute Gasteiger partial charge is 0.416 e. The van der Waals surface area contributed by atoms with Crippen molar-refractivity contribution in [3.05, 3.63) is 78.9 Å². The van der Waals surface area contributed by atoms with Crippen LogP contribution in [0, 0.1) is 26.1 Å². The van der Waals surface area contributed by atoms with Crippen LogP contribution in [0.2, 0.25) is 0 Å². The molecular formula is C24H25BrF6N4O4. The van der Waals surface area contributed by atoms with E-state index < -0.39 is 44.7 Å². The first-order valence-corrected chi connectivity index (χ1v) is 13.0. The van der Waals surface area contributed by atoms with Gasteiger partial charge in [0.1, 0.15) is 0 Å². The number of alkyl halides is 7. The van der Waals surface area contributed by atoms with Gasteiger partial charge in [-0.25, -0.2) is 0 Å². The van der Waals surface area contributed by atoms with Crippen molar-refractivity contribution in [1.29, 1.82) is 0 Å². The van der Waals surface area contributed by atoms with Crippen LogP contribution < -0.4 is 0 Å². The number of benzene rings is 2. The molecule has 1 heterocycles. The summed E-state index contributed by atoms with van der Waals surface area (Å²) in [6.07, 6.45) is -6.58. The molecule has 39 heavy (non-hydrogen) atoms. The Kier molecular flexibility index (Phi) is 9.93. The molecule has 0 unspecified atom stereocenters. The highest BCUT2D eigenvalue weighted by molar-refractivity contribution is 9.08. The molecule has 1 saturated carbocycles. The third kappa shape index (κ3) is 8.86. The van der Waals surface area contributed by atoms with Crippen molar-refractivity contribution in [2.75, 3.05) is 32.7 Å². The van der Waals surface area contributed by atoms with E-state index in [4.69, 9.17) is 0 Å². The van der Waals surface area contributed by atoms with Crippen molar-refractivity contribution in [1.82, 2.24) is 9.80 Å². The van der Waals surface area contributed by atoms with Gasteiger partial charge in [-0.15, -0.1) is 0 Å². The van der Waals surface area contributed by atoms with Crippen LogP contribution in [0.3, 0.4) is 0 Å². The zero-order valence-electron chi connectivity index (χ0n) is 20.5. The van der Waals surface area contributed by atoms with Crippen LogP contribution in [0.25, 0.3) is 0 Å². The van der Waals surface area contributed by atoms with Crippen LogP contribution in [0.15, 0.2) is 36.4 Å². The summed E-state index contributed by atoms with van der Waals surface area (Å²) in [6, 6.07) is 5.70. The molecule has 0 aromatic heterocycles. The Morgan fingerprint density at radius 1 is 0.769 bits per heavy atom. The molecule has 2 fully saturated rings. The summed E-state index contributed by atoms with van der Waals surface area (Å²) in [7, 11) is 0. The van der Waals surface area contributed by atoms with E-state index >= 15 is 0 Å². The molecule has 0 atom stereocenters. The van der Waals surface area contributed by atoms with Crippen LogP contribution in [-0.4, -0.2) is 52.4 Å². The number of nitro groups is 2. The normalized spacial score (nSPS) is 16.9. The van der Waals surface area contributed by atoms with Gasteiger partial charge in [0.15, 0.2) is 0 Å². The van der Waals surface area contributed by atoms with Crippen LogP contribution in [0.5, 0.6) is 0 Å². The SMILES string of the molecule is O=[N+]([O-])c1ccc(CBr)c(C(F)(F)F)c1.O=[N+]([O-])c1ccc(CN2CCN(CC3CC3)CC2)c(C(F)(F)F)c1. The Bertz CT molecular complexity index is 1180. The zero-order chi connectivity index (χ0) is 29.0. The van der Waals surface area contributed by atoms with E-state index in [0.717, 1.165) is 56.8 Å². The Morgan fingerprint density at radius 3 is 1.62 bits per heavy atom. The van der Waals surface area contributed by atoms with Gasteiger partial charge in [0.2, 0.25) is 0 Å². The standard InChI is InChI=1S/C16H20F3N3O2.C8H5BrF3NO2/c17-16(18,19)15-9-14(22(23)24)4-3-13(15)11-21-7-5-20(6-8-21)10-12-1-2-12;9-4-5-1-2-6(13(14)15)3-7(5)8(10,11)12/h3-4,9,12H,1-2,5-8,10-11H2;1-3H,4H2. The minimum Gasteiger partial charge on any atom is -0.301 e. The van der Waals surface area contributed by atoms with Gasteiger partial charge < -0.3 is 4.90 Å². The topological polar surface area (TPSA) is 92.8 Å². The molecule has 0 spiro atoms. The lowest BCUT2D eigenvalue weighted by molar-refractivity contribution is -0.385. The quantitative estimate of drug-likeness (QED) is 0.148. The molecule has 0 radical (unpaired) electrons. The first-order valence-electron chi connectivity index (χ1n) is 11.9. The molecule has 2 aromatic carbocycles. The maximum Gasteiger partial charge on any atom is 0.416 e.